The lowest BCUT2D eigenvalue weighted by atomic mass is 10.2. The second kappa shape index (κ2) is 6.40. The van der Waals surface area contributed by atoms with Crippen LogP contribution in [0.1, 0.15) is 18.5 Å². The highest BCUT2D eigenvalue weighted by molar-refractivity contribution is 5.19. The quantitative estimate of drug-likeness (QED) is 0.698. The van der Waals surface area contributed by atoms with Crippen molar-refractivity contribution >= 4 is 0 Å². The fourth-order valence-electron chi connectivity index (χ4n) is 3.14. The molecule has 24 heavy (non-hydrogen) atoms. The van der Waals surface area contributed by atoms with Crippen molar-refractivity contribution in [1.82, 2.24) is 29.4 Å². The van der Waals surface area contributed by atoms with E-state index in [2.05, 4.69) is 20.1 Å². The van der Waals surface area contributed by atoms with Gasteiger partial charge in [-0.15, -0.1) is 0 Å². The van der Waals surface area contributed by atoms with Crippen molar-refractivity contribution < 1.29 is 4.52 Å². The largest absolute Gasteiger partial charge is 0.364 e. The summed E-state index contributed by atoms with van der Waals surface area (Å²) in [6.45, 7) is 2.30. The van der Waals surface area contributed by atoms with E-state index in [1.54, 1.807) is 40.2 Å². The third-order valence-corrected chi connectivity index (χ3v) is 4.36. The van der Waals surface area contributed by atoms with Crippen molar-refractivity contribution in [2.24, 2.45) is 0 Å². The summed E-state index contributed by atoms with van der Waals surface area (Å²) in [7, 11) is 0. The van der Waals surface area contributed by atoms with Gasteiger partial charge in [-0.25, -0.2) is 9.67 Å². The van der Waals surface area contributed by atoms with Crippen LogP contribution in [0.25, 0.3) is 5.82 Å². The molecular formula is C16H18N6O2. The Morgan fingerprint density at radius 2 is 2.25 bits per heavy atom. The molecule has 1 saturated heterocycles. The van der Waals surface area contributed by atoms with E-state index in [0.717, 1.165) is 31.6 Å². The molecule has 8 heteroatoms. The summed E-state index contributed by atoms with van der Waals surface area (Å²) >= 11 is 0. The summed E-state index contributed by atoms with van der Waals surface area (Å²) in [5.74, 6) is 0.688. The summed E-state index contributed by atoms with van der Waals surface area (Å²) in [6, 6.07) is 5.41. The number of hydrogen-bond acceptors (Lipinski definition) is 6. The van der Waals surface area contributed by atoms with Crippen molar-refractivity contribution in [2.75, 3.05) is 6.54 Å². The molecule has 8 nitrogen and oxygen atoms in total. The monoisotopic (exact) mass is 326 g/mol. The Balaban J connectivity index is 1.53. The van der Waals surface area contributed by atoms with Crippen molar-refractivity contribution in [2.45, 2.75) is 32.0 Å². The zero-order chi connectivity index (χ0) is 16.4. The molecule has 0 spiro atoms. The Morgan fingerprint density at radius 1 is 1.29 bits per heavy atom. The van der Waals surface area contributed by atoms with Gasteiger partial charge < -0.3 is 4.52 Å². The van der Waals surface area contributed by atoms with E-state index in [4.69, 9.17) is 4.52 Å². The number of hydrogen-bond donors (Lipinski definition) is 0. The van der Waals surface area contributed by atoms with E-state index in [-0.39, 0.29) is 11.6 Å². The van der Waals surface area contributed by atoms with E-state index in [9.17, 15) is 4.79 Å². The average molecular weight is 326 g/mol. The van der Waals surface area contributed by atoms with Gasteiger partial charge in [-0.2, -0.15) is 5.10 Å². The summed E-state index contributed by atoms with van der Waals surface area (Å²) < 4.78 is 8.23. The minimum Gasteiger partial charge on any atom is -0.364 e. The highest BCUT2D eigenvalue weighted by Gasteiger charge is 2.26. The van der Waals surface area contributed by atoms with Crippen LogP contribution in [0.5, 0.6) is 0 Å². The third kappa shape index (κ3) is 3.00. The first kappa shape index (κ1) is 14.8. The maximum absolute atomic E-state index is 12.2. The summed E-state index contributed by atoms with van der Waals surface area (Å²) in [4.78, 5) is 18.5. The summed E-state index contributed by atoms with van der Waals surface area (Å²) in [5, 5.41) is 8.45. The van der Waals surface area contributed by atoms with Gasteiger partial charge in [0.05, 0.1) is 12.2 Å². The number of nitrogens with zero attached hydrogens (tertiary/aromatic N) is 6. The molecule has 0 amide bonds. The molecule has 0 N–H and O–H groups in total. The molecule has 0 aliphatic carbocycles. The molecule has 0 bridgehead atoms. The molecule has 1 atom stereocenters. The van der Waals surface area contributed by atoms with Crippen molar-refractivity contribution in [3.8, 4) is 5.82 Å². The number of imidazole rings is 1. The predicted octanol–water partition coefficient (Wildman–Crippen LogP) is 1.08. The summed E-state index contributed by atoms with van der Waals surface area (Å²) in [5.41, 5.74) is 0.821. The van der Waals surface area contributed by atoms with Gasteiger partial charge >= 0.3 is 0 Å². The van der Waals surface area contributed by atoms with Crippen LogP contribution < -0.4 is 5.56 Å². The predicted molar refractivity (Wildman–Crippen MR) is 85.6 cm³/mol. The van der Waals surface area contributed by atoms with Gasteiger partial charge in [-0.3, -0.25) is 14.3 Å². The Bertz CT molecular complexity index is 840. The Morgan fingerprint density at radius 3 is 3.04 bits per heavy atom. The van der Waals surface area contributed by atoms with Gasteiger partial charge in [0.2, 0.25) is 0 Å². The highest BCUT2D eigenvalue weighted by Crippen LogP contribution is 2.20. The lowest BCUT2D eigenvalue weighted by molar-refractivity contribution is 0.211. The van der Waals surface area contributed by atoms with Crippen LogP contribution in [0.2, 0.25) is 0 Å². The molecule has 4 rings (SSSR count). The SMILES string of the molecule is O=c1ccc(-n2ccnc2)nn1CC1CCCN1Cc1ccon1. The minimum absolute atomic E-state index is 0.0906. The first-order valence-corrected chi connectivity index (χ1v) is 7.99. The van der Waals surface area contributed by atoms with Gasteiger partial charge in [0.15, 0.2) is 5.82 Å². The lowest BCUT2D eigenvalue weighted by Gasteiger charge is -2.23. The van der Waals surface area contributed by atoms with E-state index >= 15 is 0 Å². The molecular weight excluding hydrogens is 308 g/mol. The fourth-order valence-corrected chi connectivity index (χ4v) is 3.14. The van der Waals surface area contributed by atoms with Crippen molar-refractivity contribution in [3.05, 3.63) is 59.2 Å². The average Bonchev–Trinajstić information content (AvgIpc) is 3.33. The van der Waals surface area contributed by atoms with Crippen LogP contribution in [-0.2, 0) is 13.1 Å². The lowest BCUT2D eigenvalue weighted by Crippen LogP contribution is -2.37. The topological polar surface area (TPSA) is 82.0 Å². The maximum atomic E-state index is 12.2. The Hall–Kier alpha value is -2.74. The van der Waals surface area contributed by atoms with Crippen LogP contribution >= 0.6 is 0 Å². The first-order valence-electron chi connectivity index (χ1n) is 7.99. The molecule has 1 unspecified atom stereocenters. The van der Waals surface area contributed by atoms with Crippen LogP contribution in [0.3, 0.4) is 0 Å². The van der Waals surface area contributed by atoms with E-state index < -0.39 is 0 Å². The third-order valence-electron chi connectivity index (χ3n) is 4.36. The number of rotatable bonds is 5. The van der Waals surface area contributed by atoms with Crippen LogP contribution in [0, 0.1) is 0 Å². The number of aromatic nitrogens is 5. The minimum atomic E-state index is -0.0906. The smallest absolute Gasteiger partial charge is 0.266 e. The van der Waals surface area contributed by atoms with E-state index in [1.807, 2.05) is 12.3 Å². The number of likely N-dealkylation sites (tertiary alicyclic amines) is 1. The molecule has 0 radical (unpaired) electrons. The van der Waals surface area contributed by atoms with Gasteiger partial charge in [0.25, 0.3) is 5.56 Å². The zero-order valence-corrected chi connectivity index (χ0v) is 13.2. The van der Waals surface area contributed by atoms with Crippen LogP contribution in [-0.4, -0.2) is 42.0 Å². The van der Waals surface area contributed by atoms with Gasteiger partial charge in [0, 0.05) is 37.1 Å². The van der Waals surface area contributed by atoms with Crippen LogP contribution in [0.15, 0.2) is 52.5 Å². The van der Waals surface area contributed by atoms with Gasteiger partial charge in [-0.1, -0.05) is 5.16 Å². The highest BCUT2D eigenvalue weighted by atomic mass is 16.5. The first-order chi connectivity index (χ1) is 11.8. The molecule has 1 aliphatic heterocycles. The molecule has 4 heterocycles. The normalized spacial score (nSPS) is 18.2. The van der Waals surface area contributed by atoms with Gasteiger partial charge in [0.1, 0.15) is 12.6 Å². The Labute approximate surface area is 138 Å². The zero-order valence-electron chi connectivity index (χ0n) is 13.2. The van der Waals surface area contributed by atoms with Crippen molar-refractivity contribution in [1.29, 1.82) is 0 Å². The molecule has 0 saturated carbocycles. The van der Waals surface area contributed by atoms with Gasteiger partial charge in [-0.05, 0) is 25.5 Å². The fraction of sp³-hybridized carbons (Fsp3) is 0.375. The van der Waals surface area contributed by atoms with E-state index in [0.29, 0.717) is 12.4 Å². The second-order valence-corrected chi connectivity index (χ2v) is 5.94. The molecule has 124 valence electrons. The van der Waals surface area contributed by atoms with Crippen molar-refractivity contribution in [3.63, 3.8) is 0 Å². The molecule has 0 aromatic carbocycles. The molecule has 1 aliphatic rings. The van der Waals surface area contributed by atoms with Crippen LogP contribution in [0.4, 0.5) is 0 Å². The molecule has 3 aromatic rings. The standard InChI is InChI=1S/C16H18N6O2/c23-16-4-3-15(21-8-6-17-12-21)18-22(16)11-14-2-1-7-20(14)10-13-5-9-24-19-13/h3-6,8-9,12,14H,1-2,7,10-11H2. The maximum Gasteiger partial charge on any atom is 0.266 e. The molecule has 1 fully saturated rings. The van der Waals surface area contributed by atoms with E-state index in [1.165, 1.54) is 0 Å². The second-order valence-electron chi connectivity index (χ2n) is 5.94. The summed E-state index contributed by atoms with van der Waals surface area (Å²) in [6.07, 6.45) is 8.90. The Kier molecular flexibility index (Phi) is 3.96. The molecule has 3 aromatic heterocycles.